The highest BCUT2D eigenvalue weighted by molar-refractivity contribution is 7.18. The van der Waals surface area contributed by atoms with Gasteiger partial charge in [-0.15, -0.1) is 0 Å². The molecule has 1 aromatic carbocycles. The van der Waals surface area contributed by atoms with Crippen molar-refractivity contribution in [2.45, 2.75) is 32.0 Å². The number of piperidine rings is 1. The third-order valence-electron chi connectivity index (χ3n) is 7.09. The van der Waals surface area contributed by atoms with E-state index in [-0.39, 0.29) is 28.8 Å². The van der Waals surface area contributed by atoms with Crippen LogP contribution in [0.15, 0.2) is 18.2 Å². The van der Waals surface area contributed by atoms with Crippen LogP contribution in [0.3, 0.4) is 0 Å². The summed E-state index contributed by atoms with van der Waals surface area (Å²) >= 11 is 12.9. The quantitative estimate of drug-likeness (QED) is 0.373. The van der Waals surface area contributed by atoms with Crippen molar-refractivity contribution in [1.82, 2.24) is 19.9 Å². The van der Waals surface area contributed by atoms with Gasteiger partial charge in [0.1, 0.15) is 5.52 Å². The number of anilines is 2. The van der Waals surface area contributed by atoms with Gasteiger partial charge in [0.25, 0.3) is 0 Å². The Morgan fingerprint density at radius 3 is 2.65 bits per heavy atom. The van der Waals surface area contributed by atoms with E-state index in [0.717, 1.165) is 44.6 Å². The number of aliphatic hydroxyl groups excluding tert-OH is 1. The number of fused-ring (bicyclic) bond motifs is 1. The molecule has 2 aromatic heterocycles. The second kappa shape index (κ2) is 10.7. The summed E-state index contributed by atoms with van der Waals surface area (Å²) in [4.78, 5) is 17.4. The summed E-state index contributed by atoms with van der Waals surface area (Å²) in [5, 5.41) is 12.5. The molecule has 0 saturated carbocycles. The molecule has 0 aliphatic carbocycles. The number of hydrogen-bond donors (Lipinski definition) is 2. The molecule has 2 aliphatic heterocycles. The number of benzene rings is 1. The van der Waals surface area contributed by atoms with Crippen LogP contribution in [0.5, 0.6) is 0 Å². The molecule has 2 N–H and O–H groups in total. The second-order valence-electron chi connectivity index (χ2n) is 9.67. The number of likely N-dealkylation sites (tertiary alicyclic amines) is 1. The Bertz CT molecular complexity index is 1270. The maximum atomic E-state index is 13.5. The van der Waals surface area contributed by atoms with E-state index in [2.05, 4.69) is 25.2 Å². The number of aliphatic hydroxyl groups is 1. The zero-order chi connectivity index (χ0) is 26.3. The third kappa shape index (κ3) is 5.75. The zero-order valence-corrected chi connectivity index (χ0v) is 22.4. The molecule has 5 rings (SSSR count). The molecular formula is C24H27Cl2F3N6OS. The van der Waals surface area contributed by atoms with Gasteiger partial charge >= 0.3 is 6.18 Å². The molecule has 0 bridgehead atoms. The minimum atomic E-state index is -4.57. The van der Waals surface area contributed by atoms with Crippen molar-refractivity contribution in [2.75, 3.05) is 49.5 Å². The Kier molecular flexibility index (Phi) is 7.70. The molecule has 2 aliphatic rings. The highest BCUT2D eigenvalue weighted by Gasteiger charge is 2.39. The van der Waals surface area contributed by atoms with Gasteiger partial charge in [-0.25, -0.2) is 4.98 Å². The number of halogens is 5. The molecule has 7 nitrogen and oxygen atoms in total. The predicted octanol–water partition coefficient (Wildman–Crippen LogP) is 5.73. The van der Waals surface area contributed by atoms with Gasteiger partial charge in [-0.2, -0.15) is 23.1 Å². The maximum absolute atomic E-state index is 13.5. The highest BCUT2D eigenvalue weighted by atomic mass is 35.5. The van der Waals surface area contributed by atoms with E-state index >= 15 is 0 Å². The smallest absolute Gasteiger partial charge is 0.395 e. The van der Waals surface area contributed by atoms with Crippen LogP contribution in [0.2, 0.25) is 10.0 Å². The van der Waals surface area contributed by atoms with Gasteiger partial charge in [0.2, 0.25) is 11.0 Å². The number of nitrogens with zero attached hydrogens (tertiary/aromatic N) is 5. The summed E-state index contributed by atoms with van der Waals surface area (Å²) in [6.07, 6.45) is -2.34. The van der Waals surface area contributed by atoms with E-state index in [4.69, 9.17) is 23.2 Å². The van der Waals surface area contributed by atoms with Gasteiger partial charge in [-0.05, 0) is 55.8 Å². The molecule has 13 heteroatoms. The van der Waals surface area contributed by atoms with Gasteiger partial charge in [0, 0.05) is 36.2 Å². The first kappa shape index (κ1) is 26.7. The molecular weight excluding hydrogens is 548 g/mol. The summed E-state index contributed by atoms with van der Waals surface area (Å²) in [6.45, 7) is 6.13. The fraction of sp³-hybridized carbons (Fsp3) is 0.542. The average molecular weight is 575 g/mol. The van der Waals surface area contributed by atoms with Gasteiger partial charge in [-0.3, -0.25) is 0 Å². The van der Waals surface area contributed by atoms with Crippen molar-refractivity contribution in [1.29, 1.82) is 0 Å². The summed E-state index contributed by atoms with van der Waals surface area (Å²) in [6, 6.07) is 4.74. The topological polar surface area (TPSA) is 77.4 Å². The van der Waals surface area contributed by atoms with Crippen molar-refractivity contribution in [3.63, 3.8) is 0 Å². The third-order valence-corrected chi connectivity index (χ3v) is 8.65. The zero-order valence-electron chi connectivity index (χ0n) is 20.1. The standard InChI is InChI=1S/C24H27Cl2F3N6OS/c1-13(17-5-4-16(25)9-18(17)26)30-20-19-21(37-22(31-19)24(27,28)29)33-23(32-20)35-11-15(12-35)14-3-2-6-34(10-14)7-8-36/h4-5,9,13-15,36H,2-3,6-8,10-12H2,1H3,(H,30,32,33)/t13-,14+/m1/s1. The van der Waals surface area contributed by atoms with Crippen LogP contribution in [0.1, 0.15) is 36.4 Å². The molecule has 2 fully saturated rings. The van der Waals surface area contributed by atoms with Crippen molar-refractivity contribution >= 4 is 56.7 Å². The van der Waals surface area contributed by atoms with E-state index < -0.39 is 11.2 Å². The van der Waals surface area contributed by atoms with Crippen molar-refractivity contribution in [3.05, 3.63) is 38.8 Å². The Morgan fingerprint density at radius 1 is 1.16 bits per heavy atom. The first-order valence-corrected chi connectivity index (χ1v) is 13.7. The normalized spacial score (nSPS) is 20.3. The number of hydrogen-bond acceptors (Lipinski definition) is 8. The van der Waals surface area contributed by atoms with E-state index in [0.29, 0.717) is 45.7 Å². The second-order valence-corrected chi connectivity index (χ2v) is 11.5. The Morgan fingerprint density at radius 2 is 1.95 bits per heavy atom. The van der Waals surface area contributed by atoms with E-state index in [9.17, 15) is 18.3 Å². The van der Waals surface area contributed by atoms with Crippen molar-refractivity contribution < 1.29 is 18.3 Å². The summed E-state index contributed by atoms with van der Waals surface area (Å²) < 4.78 is 40.4. The van der Waals surface area contributed by atoms with Gasteiger partial charge in [0.05, 0.1) is 12.6 Å². The predicted molar refractivity (Wildman–Crippen MR) is 141 cm³/mol. The first-order valence-electron chi connectivity index (χ1n) is 12.2. The molecule has 37 heavy (non-hydrogen) atoms. The summed E-state index contributed by atoms with van der Waals surface area (Å²) in [5.74, 6) is 1.60. The van der Waals surface area contributed by atoms with Gasteiger partial charge in [0.15, 0.2) is 10.6 Å². The molecule has 4 heterocycles. The lowest BCUT2D eigenvalue weighted by Crippen LogP contribution is -2.54. The fourth-order valence-corrected chi connectivity index (χ4v) is 6.48. The monoisotopic (exact) mass is 574 g/mol. The summed E-state index contributed by atoms with van der Waals surface area (Å²) in [5.41, 5.74) is 0.821. The molecule has 0 spiro atoms. The molecule has 2 saturated heterocycles. The van der Waals surface area contributed by atoms with Crippen LogP contribution in [0, 0.1) is 11.8 Å². The summed E-state index contributed by atoms with van der Waals surface area (Å²) in [7, 11) is 0. The minimum Gasteiger partial charge on any atom is -0.395 e. The lowest BCUT2D eigenvalue weighted by Gasteiger charge is -2.46. The van der Waals surface area contributed by atoms with Crippen LogP contribution in [-0.4, -0.2) is 64.3 Å². The number of aromatic nitrogens is 3. The number of nitrogens with one attached hydrogen (secondary N) is 1. The number of rotatable bonds is 7. The molecule has 0 unspecified atom stereocenters. The van der Waals surface area contributed by atoms with Crippen LogP contribution < -0.4 is 10.2 Å². The number of alkyl halides is 3. The average Bonchev–Trinajstić information content (AvgIpc) is 3.24. The molecule has 0 amide bonds. The van der Waals surface area contributed by atoms with Crippen molar-refractivity contribution in [2.24, 2.45) is 11.8 Å². The number of thiazole rings is 1. The largest absolute Gasteiger partial charge is 0.443 e. The molecule has 0 radical (unpaired) electrons. The van der Waals surface area contributed by atoms with Crippen LogP contribution in [-0.2, 0) is 6.18 Å². The Balaban J connectivity index is 1.39. The van der Waals surface area contributed by atoms with Crippen LogP contribution in [0.25, 0.3) is 10.3 Å². The first-order chi connectivity index (χ1) is 17.6. The molecule has 200 valence electrons. The minimum absolute atomic E-state index is 0.0852. The SMILES string of the molecule is C[C@@H](Nc1nc(N2CC([C@H]3CCCN(CCO)C3)C2)nc2sc(C(F)(F)F)nc12)c1ccc(Cl)cc1Cl. The van der Waals surface area contributed by atoms with Crippen molar-refractivity contribution in [3.8, 4) is 0 Å². The lowest BCUT2D eigenvalue weighted by atomic mass is 9.81. The maximum Gasteiger partial charge on any atom is 0.443 e. The number of β-amino-alcohol motifs (C(OH)–C–C–N with tert-alkyl or cyclic N) is 1. The van der Waals surface area contributed by atoms with Crippen LogP contribution >= 0.6 is 34.5 Å². The van der Waals surface area contributed by atoms with E-state index in [1.165, 1.54) is 0 Å². The molecule has 3 aromatic rings. The molecule has 2 atom stereocenters. The Labute approximate surface area is 226 Å². The van der Waals surface area contributed by atoms with Crippen LogP contribution in [0.4, 0.5) is 24.9 Å². The highest BCUT2D eigenvalue weighted by Crippen LogP contribution is 2.40. The fourth-order valence-electron chi connectivity index (χ4n) is 5.10. The lowest BCUT2D eigenvalue weighted by molar-refractivity contribution is -0.137. The Hall–Kier alpha value is -1.92. The van der Waals surface area contributed by atoms with Gasteiger partial charge in [-0.1, -0.05) is 40.6 Å². The van der Waals surface area contributed by atoms with Gasteiger partial charge < -0.3 is 20.2 Å². The van der Waals surface area contributed by atoms with E-state index in [1.807, 2.05) is 11.8 Å². The van der Waals surface area contributed by atoms with E-state index in [1.54, 1.807) is 18.2 Å².